The van der Waals surface area contributed by atoms with Gasteiger partial charge in [0, 0.05) is 24.1 Å². The maximum absolute atomic E-state index is 11.5. The highest BCUT2D eigenvalue weighted by Gasteiger charge is 2.58. The van der Waals surface area contributed by atoms with Crippen molar-refractivity contribution in [3.05, 3.63) is 0 Å². The third-order valence-electron chi connectivity index (χ3n) is 7.79. The van der Waals surface area contributed by atoms with Gasteiger partial charge < -0.3 is 14.8 Å². The van der Waals surface area contributed by atoms with Gasteiger partial charge >= 0.3 is 0 Å². The van der Waals surface area contributed by atoms with E-state index in [2.05, 4.69) is 17.0 Å². The van der Waals surface area contributed by atoms with E-state index in [1.807, 2.05) is 20.3 Å². The van der Waals surface area contributed by atoms with Gasteiger partial charge in [0.2, 0.25) is 0 Å². The molecule has 3 saturated carbocycles. The van der Waals surface area contributed by atoms with Crippen LogP contribution >= 0.6 is 0 Å². The monoisotopic (exact) mass is 364 g/mol. The Morgan fingerprint density at radius 3 is 2.58 bits per heavy atom. The Bertz CT molecular complexity index is 475. The second-order valence-electron chi connectivity index (χ2n) is 9.83. The van der Waals surface area contributed by atoms with Crippen molar-refractivity contribution in [2.45, 2.75) is 83.2 Å². The van der Waals surface area contributed by atoms with Crippen molar-refractivity contribution in [3.63, 3.8) is 0 Å². The second kappa shape index (κ2) is 8.60. The first-order valence-electron chi connectivity index (χ1n) is 11.0. The fourth-order valence-electron chi connectivity index (χ4n) is 5.91. The summed E-state index contributed by atoms with van der Waals surface area (Å²) in [7, 11) is 4.08. The first-order chi connectivity index (χ1) is 12.4. The Balaban J connectivity index is 1.53. The van der Waals surface area contributed by atoms with Gasteiger partial charge in [0.15, 0.2) is 0 Å². The molecule has 0 heterocycles. The molecule has 3 fully saturated rings. The van der Waals surface area contributed by atoms with E-state index in [1.165, 1.54) is 44.9 Å². The van der Waals surface area contributed by atoms with Crippen LogP contribution in [-0.4, -0.2) is 49.1 Å². The number of hydrogen-bond acceptors (Lipinski definition) is 4. The van der Waals surface area contributed by atoms with Gasteiger partial charge in [-0.3, -0.25) is 0 Å². The Hall–Kier alpha value is -0.610. The van der Waals surface area contributed by atoms with Crippen LogP contribution in [0.25, 0.3) is 0 Å². The number of nitrogens with zero attached hydrogens (tertiary/aromatic N) is 2. The molecule has 0 amide bonds. The Morgan fingerprint density at radius 2 is 1.85 bits per heavy atom. The first-order valence-corrected chi connectivity index (χ1v) is 11.0. The summed E-state index contributed by atoms with van der Waals surface area (Å²) in [6, 6.07) is 0. The minimum absolute atomic E-state index is 0.0233. The molecule has 3 aliphatic rings. The molecule has 0 aromatic heterocycles. The van der Waals surface area contributed by atoms with Gasteiger partial charge in [-0.1, -0.05) is 44.2 Å². The lowest BCUT2D eigenvalue weighted by Gasteiger charge is -2.49. The molecule has 0 unspecified atom stereocenters. The van der Waals surface area contributed by atoms with Gasteiger partial charge in [-0.2, -0.15) is 0 Å². The van der Waals surface area contributed by atoms with Crippen molar-refractivity contribution >= 4 is 6.21 Å². The quantitative estimate of drug-likeness (QED) is 0.412. The molecule has 4 atom stereocenters. The van der Waals surface area contributed by atoms with Crippen LogP contribution in [0.3, 0.4) is 0 Å². The average molecular weight is 365 g/mol. The van der Waals surface area contributed by atoms with E-state index in [1.54, 1.807) is 0 Å². The number of oxime groups is 1. The highest BCUT2D eigenvalue weighted by atomic mass is 16.6. The SMILES string of the molecule is CN(C)CCON=C[C@H]1CC[C@]2(O)C[C@@H](CC3CCCCC3)CC[C@]12C. The van der Waals surface area contributed by atoms with Gasteiger partial charge in [-0.15, -0.1) is 0 Å². The Labute approximate surface area is 160 Å². The zero-order valence-corrected chi connectivity index (χ0v) is 17.3. The van der Waals surface area contributed by atoms with Gasteiger partial charge in [0.25, 0.3) is 0 Å². The van der Waals surface area contributed by atoms with Gasteiger partial charge in [-0.05, 0) is 64.5 Å². The van der Waals surface area contributed by atoms with E-state index < -0.39 is 5.60 Å². The largest absolute Gasteiger partial charge is 0.395 e. The highest BCUT2D eigenvalue weighted by molar-refractivity contribution is 5.62. The van der Waals surface area contributed by atoms with E-state index in [-0.39, 0.29) is 5.41 Å². The van der Waals surface area contributed by atoms with Crippen molar-refractivity contribution in [1.82, 2.24) is 4.90 Å². The summed E-state index contributed by atoms with van der Waals surface area (Å²) in [6.45, 7) is 3.81. The summed E-state index contributed by atoms with van der Waals surface area (Å²) < 4.78 is 0. The number of rotatable bonds is 7. The van der Waals surface area contributed by atoms with Crippen LogP contribution in [0.4, 0.5) is 0 Å². The summed E-state index contributed by atoms with van der Waals surface area (Å²) in [4.78, 5) is 7.53. The van der Waals surface area contributed by atoms with E-state index in [0.29, 0.717) is 12.5 Å². The molecule has 4 heteroatoms. The number of likely N-dealkylation sites (N-methyl/N-ethyl adjacent to an activating group) is 1. The van der Waals surface area contributed by atoms with Crippen LogP contribution in [0.5, 0.6) is 0 Å². The number of hydrogen-bond donors (Lipinski definition) is 1. The molecule has 3 aliphatic carbocycles. The predicted molar refractivity (Wildman–Crippen MR) is 107 cm³/mol. The maximum Gasteiger partial charge on any atom is 0.129 e. The van der Waals surface area contributed by atoms with E-state index >= 15 is 0 Å². The third kappa shape index (κ3) is 4.44. The zero-order chi connectivity index (χ0) is 18.6. The summed E-state index contributed by atoms with van der Waals surface area (Å²) in [5.74, 6) is 2.00. The standard InChI is InChI=1S/C22H40N2O2/c1-21-11-9-19(15-18-7-5-4-6-8-18)16-22(21,25)12-10-20(21)17-23-26-14-13-24(2)3/h17-20,25H,4-16H2,1-3H3/t19-,20-,21-,22+/m1/s1. The van der Waals surface area contributed by atoms with E-state index in [0.717, 1.165) is 44.1 Å². The molecule has 3 rings (SSSR count). The summed E-state index contributed by atoms with van der Waals surface area (Å²) in [5.41, 5.74) is -0.518. The normalized spacial score (nSPS) is 38.8. The van der Waals surface area contributed by atoms with Crippen molar-refractivity contribution in [1.29, 1.82) is 0 Å². The smallest absolute Gasteiger partial charge is 0.129 e. The van der Waals surface area contributed by atoms with Crippen LogP contribution in [0.2, 0.25) is 0 Å². The molecule has 4 nitrogen and oxygen atoms in total. The summed E-state index contributed by atoms with van der Waals surface area (Å²) in [6.07, 6.45) is 15.9. The molecule has 26 heavy (non-hydrogen) atoms. The van der Waals surface area contributed by atoms with Crippen molar-refractivity contribution < 1.29 is 9.94 Å². The Kier molecular flexibility index (Phi) is 6.66. The molecule has 1 N–H and O–H groups in total. The second-order valence-corrected chi connectivity index (χ2v) is 9.83. The van der Waals surface area contributed by atoms with Crippen LogP contribution in [0, 0.1) is 23.2 Å². The first kappa shape index (κ1) is 20.1. The van der Waals surface area contributed by atoms with Crippen molar-refractivity contribution in [2.24, 2.45) is 28.3 Å². The fraction of sp³-hybridized carbons (Fsp3) is 0.955. The molecular formula is C22H40N2O2. The minimum atomic E-state index is -0.495. The lowest BCUT2D eigenvalue weighted by molar-refractivity contribution is -0.109. The van der Waals surface area contributed by atoms with Crippen LogP contribution in [0.15, 0.2) is 5.16 Å². The lowest BCUT2D eigenvalue weighted by Crippen LogP contribution is -2.50. The van der Waals surface area contributed by atoms with Crippen LogP contribution < -0.4 is 0 Å². The number of fused-ring (bicyclic) bond motifs is 1. The zero-order valence-electron chi connectivity index (χ0n) is 17.3. The van der Waals surface area contributed by atoms with Crippen molar-refractivity contribution in [2.75, 3.05) is 27.2 Å². The van der Waals surface area contributed by atoms with Crippen molar-refractivity contribution in [3.8, 4) is 0 Å². The summed E-state index contributed by atoms with van der Waals surface area (Å²) >= 11 is 0. The van der Waals surface area contributed by atoms with E-state index in [9.17, 15) is 5.11 Å². The molecule has 0 bridgehead atoms. The van der Waals surface area contributed by atoms with Crippen LogP contribution in [0.1, 0.15) is 77.6 Å². The average Bonchev–Trinajstić information content (AvgIpc) is 2.86. The van der Waals surface area contributed by atoms with E-state index in [4.69, 9.17) is 4.84 Å². The number of aliphatic hydroxyl groups is 1. The lowest BCUT2D eigenvalue weighted by atomic mass is 9.59. The summed E-state index contributed by atoms with van der Waals surface area (Å²) in [5, 5.41) is 15.7. The van der Waals surface area contributed by atoms with Gasteiger partial charge in [0.1, 0.15) is 6.61 Å². The molecular weight excluding hydrogens is 324 g/mol. The van der Waals surface area contributed by atoms with Gasteiger partial charge in [-0.25, -0.2) is 0 Å². The highest BCUT2D eigenvalue weighted by Crippen LogP contribution is 2.59. The fourth-order valence-corrected chi connectivity index (χ4v) is 5.91. The van der Waals surface area contributed by atoms with Gasteiger partial charge in [0.05, 0.1) is 5.60 Å². The minimum Gasteiger partial charge on any atom is -0.395 e. The predicted octanol–water partition coefficient (Wildman–Crippen LogP) is 4.47. The topological polar surface area (TPSA) is 45.1 Å². The molecule has 0 aromatic rings. The molecule has 0 saturated heterocycles. The molecule has 0 aliphatic heterocycles. The van der Waals surface area contributed by atoms with Crippen LogP contribution in [-0.2, 0) is 4.84 Å². The Morgan fingerprint density at radius 1 is 1.08 bits per heavy atom. The molecule has 0 aromatic carbocycles. The molecule has 0 spiro atoms. The third-order valence-corrected chi connectivity index (χ3v) is 7.79. The maximum atomic E-state index is 11.5. The molecule has 150 valence electrons. The molecule has 0 radical (unpaired) electrons.